The van der Waals surface area contributed by atoms with Gasteiger partial charge < -0.3 is 15.2 Å². The van der Waals surface area contributed by atoms with Crippen molar-refractivity contribution in [1.29, 1.82) is 0 Å². The zero-order valence-corrected chi connectivity index (χ0v) is 13.6. The largest absolute Gasteiger partial charge is 0.481 e. The van der Waals surface area contributed by atoms with Crippen molar-refractivity contribution in [1.82, 2.24) is 5.32 Å². The minimum absolute atomic E-state index is 0.134. The molecular formula is C17H29NO4. The maximum atomic E-state index is 12.3. The van der Waals surface area contributed by atoms with E-state index in [1.54, 1.807) is 0 Å². The molecule has 0 aliphatic carbocycles. The van der Waals surface area contributed by atoms with Gasteiger partial charge in [0, 0.05) is 6.54 Å². The number of fused-ring (bicyclic) bond motifs is 2. The summed E-state index contributed by atoms with van der Waals surface area (Å²) in [5.41, 5.74) is 0. The third kappa shape index (κ3) is 4.22. The number of ether oxygens (including phenoxy) is 1. The van der Waals surface area contributed by atoms with Crippen LogP contribution in [-0.4, -0.2) is 35.7 Å². The lowest BCUT2D eigenvalue weighted by molar-refractivity contribution is -0.147. The van der Waals surface area contributed by atoms with Gasteiger partial charge in [-0.15, -0.1) is 0 Å². The predicted octanol–water partition coefficient (Wildman–Crippen LogP) is 2.73. The van der Waals surface area contributed by atoms with E-state index in [0.717, 1.165) is 25.7 Å². The maximum absolute atomic E-state index is 12.3. The molecule has 2 aliphatic rings. The minimum Gasteiger partial charge on any atom is -0.481 e. The SMILES string of the molecule is CCCCCCCCCNC(=O)C1C2CCC(O2)C1C(=O)O. The first-order valence-corrected chi connectivity index (χ1v) is 8.81. The third-order valence-corrected chi connectivity index (χ3v) is 4.94. The molecule has 126 valence electrons. The van der Waals surface area contributed by atoms with Crippen LogP contribution in [0.5, 0.6) is 0 Å². The van der Waals surface area contributed by atoms with E-state index in [4.69, 9.17) is 4.74 Å². The van der Waals surface area contributed by atoms with Crippen LogP contribution in [0.25, 0.3) is 0 Å². The zero-order valence-electron chi connectivity index (χ0n) is 13.6. The molecule has 0 radical (unpaired) electrons. The Bertz CT molecular complexity index is 385. The molecule has 2 N–H and O–H groups in total. The molecule has 0 spiro atoms. The third-order valence-electron chi connectivity index (χ3n) is 4.94. The fourth-order valence-electron chi connectivity index (χ4n) is 3.74. The second-order valence-electron chi connectivity index (χ2n) is 6.59. The van der Waals surface area contributed by atoms with Crippen LogP contribution in [0.3, 0.4) is 0 Å². The summed E-state index contributed by atoms with van der Waals surface area (Å²) in [4.78, 5) is 23.6. The lowest BCUT2D eigenvalue weighted by Gasteiger charge is -2.23. The van der Waals surface area contributed by atoms with Crippen molar-refractivity contribution in [2.24, 2.45) is 11.8 Å². The lowest BCUT2D eigenvalue weighted by Crippen LogP contribution is -2.44. The summed E-state index contributed by atoms with van der Waals surface area (Å²) in [6.07, 6.45) is 9.55. The molecule has 0 aromatic heterocycles. The van der Waals surface area contributed by atoms with Crippen LogP contribution < -0.4 is 5.32 Å². The van der Waals surface area contributed by atoms with Crippen molar-refractivity contribution in [3.8, 4) is 0 Å². The average molecular weight is 311 g/mol. The van der Waals surface area contributed by atoms with Crippen LogP contribution in [-0.2, 0) is 14.3 Å². The Kier molecular flexibility index (Phi) is 6.68. The Balaban J connectivity index is 1.64. The van der Waals surface area contributed by atoms with Gasteiger partial charge in [-0.2, -0.15) is 0 Å². The van der Waals surface area contributed by atoms with Crippen molar-refractivity contribution in [3.05, 3.63) is 0 Å². The number of rotatable bonds is 10. The van der Waals surface area contributed by atoms with E-state index in [9.17, 15) is 14.7 Å². The van der Waals surface area contributed by atoms with Crippen LogP contribution in [0.4, 0.5) is 0 Å². The summed E-state index contributed by atoms with van der Waals surface area (Å²) < 4.78 is 5.62. The van der Waals surface area contributed by atoms with Gasteiger partial charge in [0.15, 0.2) is 0 Å². The Morgan fingerprint density at radius 1 is 1.00 bits per heavy atom. The zero-order chi connectivity index (χ0) is 15.9. The van der Waals surface area contributed by atoms with Gasteiger partial charge in [-0.1, -0.05) is 45.4 Å². The number of carbonyl (C=O) groups excluding carboxylic acids is 1. The number of carbonyl (C=O) groups is 2. The Morgan fingerprint density at radius 3 is 2.23 bits per heavy atom. The molecule has 22 heavy (non-hydrogen) atoms. The first-order chi connectivity index (χ1) is 10.6. The van der Waals surface area contributed by atoms with E-state index in [-0.39, 0.29) is 18.1 Å². The maximum Gasteiger partial charge on any atom is 0.310 e. The molecule has 2 saturated heterocycles. The molecule has 5 nitrogen and oxygen atoms in total. The topological polar surface area (TPSA) is 75.6 Å². The van der Waals surface area contributed by atoms with E-state index in [0.29, 0.717) is 6.54 Å². The van der Waals surface area contributed by atoms with Gasteiger partial charge in [-0.05, 0) is 19.3 Å². The monoisotopic (exact) mass is 311 g/mol. The molecule has 4 atom stereocenters. The van der Waals surface area contributed by atoms with Crippen LogP contribution >= 0.6 is 0 Å². The number of nitrogens with one attached hydrogen (secondary N) is 1. The number of amides is 1. The number of unbranched alkanes of at least 4 members (excludes halogenated alkanes) is 6. The lowest BCUT2D eigenvalue weighted by atomic mass is 9.78. The molecule has 2 heterocycles. The number of carboxylic acid groups (broad SMARTS) is 1. The van der Waals surface area contributed by atoms with Gasteiger partial charge in [0.05, 0.1) is 24.0 Å². The molecule has 1 amide bonds. The molecular weight excluding hydrogens is 282 g/mol. The van der Waals surface area contributed by atoms with E-state index >= 15 is 0 Å². The van der Waals surface area contributed by atoms with Gasteiger partial charge in [0.1, 0.15) is 0 Å². The highest BCUT2D eigenvalue weighted by Crippen LogP contribution is 2.43. The minimum atomic E-state index is -0.900. The summed E-state index contributed by atoms with van der Waals surface area (Å²) >= 11 is 0. The van der Waals surface area contributed by atoms with Gasteiger partial charge >= 0.3 is 5.97 Å². The molecule has 5 heteroatoms. The van der Waals surface area contributed by atoms with Crippen molar-refractivity contribution < 1.29 is 19.4 Å². The fourth-order valence-corrected chi connectivity index (χ4v) is 3.74. The van der Waals surface area contributed by atoms with Crippen LogP contribution in [0, 0.1) is 11.8 Å². The van der Waals surface area contributed by atoms with Crippen molar-refractivity contribution in [3.63, 3.8) is 0 Å². The summed E-state index contributed by atoms with van der Waals surface area (Å²) in [6, 6.07) is 0. The Labute approximate surface area is 132 Å². The summed E-state index contributed by atoms with van der Waals surface area (Å²) in [7, 11) is 0. The molecule has 2 bridgehead atoms. The summed E-state index contributed by atoms with van der Waals surface area (Å²) in [5.74, 6) is -2.19. The van der Waals surface area contributed by atoms with Gasteiger partial charge in [0.25, 0.3) is 0 Å². The second-order valence-corrected chi connectivity index (χ2v) is 6.59. The van der Waals surface area contributed by atoms with Crippen LogP contribution in [0.1, 0.15) is 64.7 Å². The molecule has 0 saturated carbocycles. The first-order valence-electron chi connectivity index (χ1n) is 8.81. The van der Waals surface area contributed by atoms with Crippen LogP contribution in [0.2, 0.25) is 0 Å². The second kappa shape index (κ2) is 8.51. The highest BCUT2D eigenvalue weighted by Gasteiger charge is 2.55. The normalized spacial score (nSPS) is 29.7. The molecule has 4 unspecified atom stereocenters. The standard InChI is InChI=1S/C17H29NO4/c1-2-3-4-5-6-7-8-11-18-16(19)14-12-9-10-13(22-12)15(14)17(20)21/h12-15H,2-11H2,1H3,(H,18,19)(H,20,21). The molecule has 2 aliphatic heterocycles. The number of hydrogen-bond acceptors (Lipinski definition) is 3. The molecule has 0 aromatic rings. The molecule has 2 fully saturated rings. The Morgan fingerprint density at radius 2 is 1.59 bits per heavy atom. The van der Waals surface area contributed by atoms with E-state index in [1.807, 2.05) is 0 Å². The summed E-state index contributed by atoms with van der Waals surface area (Å²) in [5, 5.41) is 12.2. The molecule has 2 rings (SSSR count). The number of aliphatic carboxylic acids is 1. The van der Waals surface area contributed by atoms with Crippen molar-refractivity contribution >= 4 is 11.9 Å². The Hall–Kier alpha value is -1.10. The van der Waals surface area contributed by atoms with E-state index in [2.05, 4.69) is 12.2 Å². The van der Waals surface area contributed by atoms with Gasteiger partial charge in [-0.25, -0.2) is 0 Å². The average Bonchev–Trinajstić information content (AvgIpc) is 3.10. The van der Waals surface area contributed by atoms with Crippen molar-refractivity contribution in [2.75, 3.05) is 6.54 Å². The van der Waals surface area contributed by atoms with Crippen LogP contribution in [0.15, 0.2) is 0 Å². The van der Waals surface area contributed by atoms with Gasteiger partial charge in [0.2, 0.25) is 5.91 Å². The fraction of sp³-hybridized carbons (Fsp3) is 0.882. The highest BCUT2D eigenvalue weighted by atomic mass is 16.5. The van der Waals surface area contributed by atoms with Crippen molar-refractivity contribution in [2.45, 2.75) is 76.9 Å². The number of hydrogen-bond donors (Lipinski definition) is 2. The van der Waals surface area contributed by atoms with E-state index in [1.165, 1.54) is 32.1 Å². The first kappa shape index (κ1) is 17.3. The number of carboxylic acids is 1. The van der Waals surface area contributed by atoms with E-state index < -0.39 is 17.8 Å². The quantitative estimate of drug-likeness (QED) is 0.608. The predicted molar refractivity (Wildman–Crippen MR) is 83.5 cm³/mol. The summed E-state index contributed by atoms with van der Waals surface area (Å²) in [6.45, 7) is 2.85. The highest BCUT2D eigenvalue weighted by molar-refractivity contribution is 5.86. The molecule has 0 aromatic carbocycles. The van der Waals surface area contributed by atoms with Gasteiger partial charge in [-0.3, -0.25) is 9.59 Å². The smallest absolute Gasteiger partial charge is 0.310 e.